The Kier molecular flexibility index (Phi) is 10.9. The molecule has 0 aliphatic carbocycles. The highest BCUT2D eigenvalue weighted by molar-refractivity contribution is 5.93. The fourth-order valence-corrected chi connectivity index (χ4v) is 7.20. The van der Waals surface area contributed by atoms with Crippen molar-refractivity contribution in [1.82, 2.24) is 15.5 Å². The van der Waals surface area contributed by atoms with Gasteiger partial charge in [0.1, 0.15) is 5.54 Å². The van der Waals surface area contributed by atoms with Gasteiger partial charge in [0.25, 0.3) is 0 Å². The van der Waals surface area contributed by atoms with Crippen molar-refractivity contribution in [3.05, 3.63) is 101 Å². The monoisotopic (exact) mass is 670 g/mol. The van der Waals surface area contributed by atoms with E-state index >= 15 is 0 Å². The van der Waals surface area contributed by atoms with Crippen molar-refractivity contribution in [3.63, 3.8) is 0 Å². The van der Waals surface area contributed by atoms with Gasteiger partial charge >= 0.3 is 5.97 Å². The third-order valence-corrected chi connectivity index (χ3v) is 10.2. The molecular formula is C38H46N4O7. The summed E-state index contributed by atoms with van der Waals surface area (Å²) >= 11 is 0. The molecule has 3 aliphatic heterocycles. The number of carbonyl (C=O) groups is 3. The van der Waals surface area contributed by atoms with Gasteiger partial charge in [0.15, 0.2) is 6.29 Å². The van der Waals surface area contributed by atoms with Crippen molar-refractivity contribution in [2.24, 2.45) is 5.92 Å². The number of likely N-dealkylation sites (tertiary alicyclic amines) is 1. The van der Waals surface area contributed by atoms with Crippen LogP contribution in [0.4, 0.5) is 5.69 Å². The van der Waals surface area contributed by atoms with E-state index < -0.39 is 17.8 Å². The molecule has 0 radical (unpaired) electrons. The predicted molar refractivity (Wildman–Crippen MR) is 183 cm³/mol. The Balaban J connectivity index is 1.13. The van der Waals surface area contributed by atoms with E-state index in [4.69, 9.17) is 14.6 Å². The number of hydrogen-bond donors (Lipinski definition) is 4. The number of carboxylic acids is 1. The summed E-state index contributed by atoms with van der Waals surface area (Å²) in [6, 6.07) is 25.8. The molecule has 4 atom stereocenters. The minimum Gasteiger partial charge on any atom is -0.481 e. The van der Waals surface area contributed by atoms with E-state index in [1.54, 1.807) is 0 Å². The van der Waals surface area contributed by atoms with E-state index in [9.17, 15) is 19.5 Å². The molecule has 3 aliphatic rings. The molecule has 3 fully saturated rings. The molecule has 3 aromatic rings. The summed E-state index contributed by atoms with van der Waals surface area (Å²) in [4.78, 5) is 40.7. The van der Waals surface area contributed by atoms with Crippen molar-refractivity contribution >= 4 is 23.5 Å². The van der Waals surface area contributed by atoms with Crippen LogP contribution in [0.2, 0.25) is 0 Å². The standard InChI is InChI=1S/C38H46N4O7/c1-26-32(23-41-20-18-38(19-21-41)37(47)40-25-42(38)31-6-3-2-4-7-31)48-36(49-35(26)29-14-12-28(24-43)13-15-29)30-16-10-27(11-17-30)22-39-33(44)8-5-9-34(45)46/h2-4,6-7,10-17,26,32,35-36,43H,5,8-9,18-25H2,1H3,(H,39,44)(H,40,47)(H,45,46). The molecule has 3 heterocycles. The number of aliphatic hydroxyl groups excluding tert-OH is 1. The number of carbonyl (C=O) groups excluding carboxylic acids is 2. The number of carboxylic acid groups (broad SMARTS) is 1. The molecule has 11 nitrogen and oxygen atoms in total. The highest BCUT2D eigenvalue weighted by atomic mass is 16.7. The number of anilines is 1. The van der Waals surface area contributed by atoms with Crippen LogP contribution >= 0.6 is 0 Å². The summed E-state index contributed by atoms with van der Waals surface area (Å²) in [6.45, 7) is 5.21. The Labute approximate surface area is 287 Å². The smallest absolute Gasteiger partial charge is 0.303 e. The molecule has 4 unspecified atom stereocenters. The van der Waals surface area contributed by atoms with Gasteiger partial charge in [-0.3, -0.25) is 14.4 Å². The molecule has 0 saturated carbocycles. The first-order valence-corrected chi connectivity index (χ1v) is 17.2. The van der Waals surface area contributed by atoms with Gasteiger partial charge in [-0.25, -0.2) is 0 Å². The maximum absolute atomic E-state index is 13.2. The summed E-state index contributed by atoms with van der Waals surface area (Å²) in [5.41, 5.74) is 4.13. The Morgan fingerprint density at radius 1 is 0.918 bits per heavy atom. The summed E-state index contributed by atoms with van der Waals surface area (Å²) in [6.07, 6.45) is 0.877. The molecule has 3 saturated heterocycles. The number of para-hydroxylation sites is 1. The molecule has 49 heavy (non-hydrogen) atoms. The second kappa shape index (κ2) is 15.5. The Morgan fingerprint density at radius 3 is 2.27 bits per heavy atom. The number of rotatable bonds is 12. The fourth-order valence-electron chi connectivity index (χ4n) is 7.20. The van der Waals surface area contributed by atoms with Gasteiger partial charge in [0.05, 0.1) is 25.5 Å². The van der Waals surface area contributed by atoms with Gasteiger partial charge in [-0.15, -0.1) is 0 Å². The number of ether oxygens (including phenoxy) is 2. The molecule has 3 aromatic carbocycles. The summed E-state index contributed by atoms with van der Waals surface area (Å²) < 4.78 is 13.3. The average molecular weight is 671 g/mol. The van der Waals surface area contributed by atoms with Crippen LogP contribution in [-0.4, -0.2) is 70.8 Å². The minimum absolute atomic E-state index is 0.0262. The topological polar surface area (TPSA) is 141 Å². The molecule has 0 bridgehead atoms. The van der Waals surface area contributed by atoms with Crippen molar-refractivity contribution < 1.29 is 34.1 Å². The number of piperidine rings is 1. The van der Waals surface area contributed by atoms with E-state index in [1.165, 1.54) is 0 Å². The first-order chi connectivity index (χ1) is 23.8. The molecule has 2 amide bonds. The largest absolute Gasteiger partial charge is 0.481 e. The molecule has 6 rings (SSSR count). The highest BCUT2D eigenvalue weighted by Crippen LogP contribution is 2.43. The first-order valence-electron chi connectivity index (χ1n) is 17.2. The number of amides is 2. The van der Waals surface area contributed by atoms with Gasteiger partial charge in [-0.2, -0.15) is 0 Å². The van der Waals surface area contributed by atoms with Crippen molar-refractivity contribution in [2.45, 2.75) is 76.2 Å². The van der Waals surface area contributed by atoms with E-state index in [2.05, 4.69) is 39.5 Å². The van der Waals surface area contributed by atoms with E-state index in [0.29, 0.717) is 26.2 Å². The summed E-state index contributed by atoms with van der Waals surface area (Å²) in [5, 5.41) is 24.3. The van der Waals surface area contributed by atoms with E-state index in [0.717, 1.165) is 53.9 Å². The lowest BCUT2D eigenvalue weighted by Crippen LogP contribution is -2.57. The van der Waals surface area contributed by atoms with Crippen LogP contribution in [0.15, 0.2) is 78.9 Å². The fraction of sp³-hybridized carbons (Fsp3) is 0.447. The van der Waals surface area contributed by atoms with Crippen molar-refractivity contribution in [2.75, 3.05) is 31.2 Å². The van der Waals surface area contributed by atoms with Crippen LogP contribution in [0.3, 0.4) is 0 Å². The third-order valence-electron chi connectivity index (χ3n) is 10.2. The molecular weight excluding hydrogens is 624 g/mol. The second-order valence-electron chi connectivity index (χ2n) is 13.3. The Hall–Kier alpha value is -4.29. The predicted octanol–water partition coefficient (Wildman–Crippen LogP) is 4.27. The zero-order chi connectivity index (χ0) is 34.4. The Morgan fingerprint density at radius 2 is 1.59 bits per heavy atom. The number of benzene rings is 3. The van der Waals surface area contributed by atoms with Gasteiger partial charge in [-0.05, 0) is 48.1 Å². The molecule has 1 spiro atoms. The number of nitrogens with one attached hydrogen (secondary N) is 2. The van der Waals surface area contributed by atoms with Gasteiger partial charge in [0, 0.05) is 56.2 Å². The van der Waals surface area contributed by atoms with Crippen LogP contribution in [-0.2, 0) is 37.0 Å². The molecule has 4 N–H and O–H groups in total. The zero-order valence-corrected chi connectivity index (χ0v) is 27.9. The lowest BCUT2D eigenvalue weighted by atomic mass is 9.84. The van der Waals surface area contributed by atoms with Crippen LogP contribution in [0.25, 0.3) is 0 Å². The number of nitrogens with zero attached hydrogens (tertiary/aromatic N) is 2. The van der Waals surface area contributed by atoms with Crippen molar-refractivity contribution in [3.8, 4) is 0 Å². The normalized spacial score (nSPS) is 23.7. The lowest BCUT2D eigenvalue weighted by Gasteiger charge is -2.46. The van der Waals surface area contributed by atoms with Crippen LogP contribution in [0, 0.1) is 5.92 Å². The van der Waals surface area contributed by atoms with Crippen LogP contribution < -0.4 is 15.5 Å². The molecule has 11 heteroatoms. The SMILES string of the molecule is CC1C(CN2CCC3(CC2)C(=O)NCN3c2ccccc2)OC(c2ccc(CNC(=O)CCCC(=O)O)cc2)OC1c1ccc(CO)cc1. The maximum Gasteiger partial charge on any atom is 0.303 e. The van der Waals surface area contributed by atoms with Gasteiger partial charge in [-0.1, -0.05) is 73.7 Å². The Bertz CT molecular complexity index is 1580. The van der Waals surface area contributed by atoms with Gasteiger partial charge in [0.2, 0.25) is 11.8 Å². The second-order valence-corrected chi connectivity index (χ2v) is 13.3. The minimum atomic E-state index is -0.908. The highest BCUT2D eigenvalue weighted by Gasteiger charge is 2.51. The summed E-state index contributed by atoms with van der Waals surface area (Å²) in [5.74, 6) is -0.965. The van der Waals surface area contributed by atoms with Crippen LogP contribution in [0.5, 0.6) is 0 Å². The van der Waals surface area contributed by atoms with Gasteiger partial charge < -0.3 is 40.1 Å². The summed E-state index contributed by atoms with van der Waals surface area (Å²) in [7, 11) is 0. The van der Waals surface area contributed by atoms with Crippen LogP contribution in [0.1, 0.15) is 73.7 Å². The van der Waals surface area contributed by atoms with Crippen molar-refractivity contribution in [1.29, 1.82) is 0 Å². The molecule has 260 valence electrons. The number of aliphatic hydroxyl groups is 1. The average Bonchev–Trinajstić information content (AvgIpc) is 3.44. The first kappa shape index (κ1) is 34.6. The maximum atomic E-state index is 13.2. The number of hydrogen-bond acceptors (Lipinski definition) is 8. The van der Waals surface area contributed by atoms with E-state index in [1.807, 2.05) is 66.7 Å². The van der Waals surface area contributed by atoms with E-state index in [-0.39, 0.29) is 49.4 Å². The third kappa shape index (κ3) is 7.96. The zero-order valence-electron chi connectivity index (χ0n) is 27.9. The quantitative estimate of drug-likeness (QED) is 0.222. The lowest BCUT2D eigenvalue weighted by molar-refractivity contribution is -0.276. The number of aliphatic carboxylic acids is 1. The molecule has 0 aromatic heterocycles.